The van der Waals surface area contributed by atoms with Crippen LogP contribution < -0.4 is 5.73 Å². The second kappa shape index (κ2) is 7.66. The molecule has 0 heterocycles. The summed E-state index contributed by atoms with van der Waals surface area (Å²) in [5.74, 6) is 0.0637. The molecule has 0 radical (unpaired) electrons. The lowest BCUT2D eigenvalue weighted by Crippen LogP contribution is -2.38. The molecule has 0 aliphatic carbocycles. The van der Waals surface area contributed by atoms with Gasteiger partial charge in [-0.1, -0.05) is 12.2 Å². The second-order valence-corrected chi connectivity index (χ2v) is 5.86. The molecule has 0 aromatic carbocycles. The molecule has 1 amide bonds. The van der Waals surface area contributed by atoms with Crippen molar-refractivity contribution in [1.29, 1.82) is 0 Å². The van der Waals surface area contributed by atoms with E-state index in [0.717, 1.165) is 0 Å². The number of nitrogens with two attached hydrogens (primary N) is 1. The zero-order valence-corrected chi connectivity index (χ0v) is 12.6. The van der Waals surface area contributed by atoms with Crippen LogP contribution in [0.25, 0.3) is 0 Å². The molecule has 0 saturated carbocycles. The Morgan fingerprint density at radius 2 is 1.83 bits per heavy atom. The third kappa shape index (κ3) is 9.32. The molecule has 0 atom stereocenters. The van der Waals surface area contributed by atoms with Gasteiger partial charge in [-0.2, -0.15) is 0 Å². The second-order valence-electron chi connectivity index (χ2n) is 5.33. The van der Waals surface area contributed by atoms with Gasteiger partial charge in [-0.25, -0.2) is 0 Å². The zero-order chi connectivity index (χ0) is 14.3. The number of amides is 1. The standard InChI is InChI=1S/C12H25N3O2S/c1-12(2,17)9-14(3)7-6-11(16)15(4)8-5-10(13)18/h17H,5-9H2,1-4H3,(H2,13,18). The monoisotopic (exact) mass is 275 g/mol. The average Bonchev–Trinajstić information content (AvgIpc) is 2.19. The van der Waals surface area contributed by atoms with Gasteiger partial charge >= 0.3 is 0 Å². The Balaban J connectivity index is 3.91. The fraction of sp³-hybridized carbons (Fsp3) is 0.833. The molecule has 0 unspecified atom stereocenters. The first-order valence-electron chi connectivity index (χ1n) is 6.05. The number of hydrogen-bond acceptors (Lipinski definition) is 4. The van der Waals surface area contributed by atoms with E-state index in [2.05, 4.69) is 0 Å². The van der Waals surface area contributed by atoms with Crippen molar-refractivity contribution in [3.05, 3.63) is 0 Å². The van der Waals surface area contributed by atoms with Crippen molar-refractivity contribution in [3.63, 3.8) is 0 Å². The molecule has 106 valence electrons. The van der Waals surface area contributed by atoms with Gasteiger partial charge < -0.3 is 20.6 Å². The van der Waals surface area contributed by atoms with E-state index >= 15 is 0 Å². The van der Waals surface area contributed by atoms with Crippen molar-refractivity contribution in [2.75, 3.05) is 33.7 Å². The highest BCUT2D eigenvalue weighted by Gasteiger charge is 2.16. The van der Waals surface area contributed by atoms with Crippen LogP contribution in [0.2, 0.25) is 0 Å². The van der Waals surface area contributed by atoms with E-state index in [0.29, 0.717) is 37.5 Å². The van der Waals surface area contributed by atoms with Gasteiger partial charge in [-0.3, -0.25) is 4.79 Å². The number of carbonyl (C=O) groups is 1. The summed E-state index contributed by atoms with van der Waals surface area (Å²) in [4.78, 5) is 15.8. The fourth-order valence-corrected chi connectivity index (χ4v) is 1.71. The molecule has 0 rings (SSSR count). The summed E-state index contributed by atoms with van der Waals surface area (Å²) in [7, 11) is 3.64. The highest BCUT2D eigenvalue weighted by atomic mass is 32.1. The van der Waals surface area contributed by atoms with Gasteiger partial charge in [0.05, 0.1) is 10.6 Å². The summed E-state index contributed by atoms with van der Waals surface area (Å²) in [6, 6.07) is 0. The molecule has 0 bridgehead atoms. The topological polar surface area (TPSA) is 69.8 Å². The number of nitrogens with zero attached hydrogens (tertiary/aromatic N) is 2. The molecule has 0 aromatic heterocycles. The highest BCUT2D eigenvalue weighted by molar-refractivity contribution is 7.80. The van der Waals surface area contributed by atoms with Crippen molar-refractivity contribution in [1.82, 2.24) is 9.80 Å². The average molecular weight is 275 g/mol. The van der Waals surface area contributed by atoms with E-state index in [4.69, 9.17) is 18.0 Å². The van der Waals surface area contributed by atoms with Crippen molar-refractivity contribution < 1.29 is 9.90 Å². The Morgan fingerprint density at radius 1 is 1.28 bits per heavy atom. The summed E-state index contributed by atoms with van der Waals surface area (Å²) < 4.78 is 0. The first-order chi connectivity index (χ1) is 8.11. The van der Waals surface area contributed by atoms with Gasteiger partial charge in [0, 0.05) is 39.5 Å². The molecule has 0 aliphatic heterocycles. The zero-order valence-electron chi connectivity index (χ0n) is 11.8. The molecule has 0 fully saturated rings. The molecule has 18 heavy (non-hydrogen) atoms. The minimum atomic E-state index is -0.741. The number of carbonyl (C=O) groups excluding carboxylic acids is 1. The molecule has 3 N–H and O–H groups in total. The van der Waals surface area contributed by atoms with Crippen molar-refractivity contribution in [2.45, 2.75) is 32.3 Å². The number of rotatable bonds is 8. The SMILES string of the molecule is CN(CCC(=O)N(C)CCC(N)=S)CC(C)(C)O. The van der Waals surface area contributed by atoms with E-state index in [1.165, 1.54) is 0 Å². The van der Waals surface area contributed by atoms with Gasteiger partial charge in [0.15, 0.2) is 0 Å². The molecular formula is C12H25N3O2S. The summed E-state index contributed by atoms with van der Waals surface area (Å²) in [6.07, 6.45) is 0.984. The Hall–Kier alpha value is -0.720. The lowest BCUT2D eigenvalue weighted by molar-refractivity contribution is -0.130. The minimum Gasteiger partial charge on any atom is -0.393 e. The van der Waals surface area contributed by atoms with Crippen LogP contribution in [-0.2, 0) is 4.79 Å². The Labute approximate surface area is 115 Å². The molecule has 0 aliphatic rings. The van der Waals surface area contributed by atoms with Crippen LogP contribution in [0.4, 0.5) is 0 Å². The van der Waals surface area contributed by atoms with Gasteiger partial charge in [-0.05, 0) is 20.9 Å². The molecule has 0 spiro atoms. The third-order valence-electron chi connectivity index (χ3n) is 2.48. The van der Waals surface area contributed by atoms with E-state index < -0.39 is 5.60 Å². The maximum absolute atomic E-state index is 11.8. The molecule has 5 nitrogen and oxygen atoms in total. The highest BCUT2D eigenvalue weighted by Crippen LogP contribution is 2.04. The van der Waals surface area contributed by atoms with Crippen molar-refractivity contribution >= 4 is 23.1 Å². The summed E-state index contributed by atoms with van der Waals surface area (Å²) in [5.41, 5.74) is 4.65. The quantitative estimate of drug-likeness (QED) is 0.620. The molecular weight excluding hydrogens is 250 g/mol. The van der Waals surface area contributed by atoms with Crippen LogP contribution in [0.1, 0.15) is 26.7 Å². The van der Waals surface area contributed by atoms with Crippen molar-refractivity contribution in [2.24, 2.45) is 5.73 Å². The Bertz CT molecular complexity index is 290. The van der Waals surface area contributed by atoms with Crippen LogP contribution >= 0.6 is 12.2 Å². The Kier molecular flexibility index (Phi) is 7.35. The van der Waals surface area contributed by atoms with E-state index in [-0.39, 0.29) is 5.91 Å². The number of thiocarbonyl (C=S) groups is 1. The van der Waals surface area contributed by atoms with Crippen LogP contribution in [0.5, 0.6) is 0 Å². The lowest BCUT2D eigenvalue weighted by atomic mass is 10.1. The third-order valence-corrected chi connectivity index (χ3v) is 2.69. The molecule has 0 saturated heterocycles. The van der Waals surface area contributed by atoms with Crippen molar-refractivity contribution in [3.8, 4) is 0 Å². The summed E-state index contributed by atoms with van der Waals surface area (Å²) in [5, 5.41) is 9.64. The summed E-state index contributed by atoms with van der Waals surface area (Å²) in [6.45, 7) is 5.22. The number of aliphatic hydroxyl groups is 1. The van der Waals surface area contributed by atoms with Gasteiger partial charge in [0.1, 0.15) is 0 Å². The molecule has 6 heteroatoms. The number of hydrogen-bond donors (Lipinski definition) is 2. The Morgan fingerprint density at radius 3 is 2.28 bits per heavy atom. The van der Waals surface area contributed by atoms with E-state index in [1.54, 1.807) is 25.8 Å². The smallest absolute Gasteiger partial charge is 0.223 e. The lowest BCUT2D eigenvalue weighted by Gasteiger charge is -2.26. The maximum atomic E-state index is 11.8. The fourth-order valence-electron chi connectivity index (χ4n) is 1.62. The van der Waals surface area contributed by atoms with E-state index in [1.807, 2.05) is 11.9 Å². The van der Waals surface area contributed by atoms with Gasteiger partial charge in [0.2, 0.25) is 5.91 Å². The van der Waals surface area contributed by atoms with E-state index in [9.17, 15) is 9.90 Å². The van der Waals surface area contributed by atoms with Crippen LogP contribution in [0.3, 0.4) is 0 Å². The first kappa shape index (κ1) is 17.3. The van der Waals surface area contributed by atoms with Gasteiger partial charge in [-0.15, -0.1) is 0 Å². The maximum Gasteiger partial charge on any atom is 0.223 e. The molecule has 0 aromatic rings. The predicted molar refractivity (Wildman–Crippen MR) is 77.5 cm³/mol. The first-order valence-corrected chi connectivity index (χ1v) is 6.46. The largest absolute Gasteiger partial charge is 0.393 e. The van der Waals surface area contributed by atoms with Gasteiger partial charge in [0.25, 0.3) is 0 Å². The normalized spacial score (nSPS) is 11.7. The minimum absolute atomic E-state index is 0.0637. The summed E-state index contributed by atoms with van der Waals surface area (Å²) >= 11 is 4.77. The predicted octanol–water partition coefficient (Wildman–Crippen LogP) is 0.214. The van der Waals surface area contributed by atoms with Crippen LogP contribution in [0, 0.1) is 0 Å². The number of likely N-dealkylation sites (N-methyl/N-ethyl adjacent to an activating group) is 1. The van der Waals surface area contributed by atoms with Crippen LogP contribution in [-0.4, -0.2) is 65.1 Å². The van der Waals surface area contributed by atoms with Crippen LogP contribution in [0.15, 0.2) is 0 Å².